The Bertz CT molecular complexity index is 468. The van der Waals surface area contributed by atoms with Crippen molar-refractivity contribution in [3.63, 3.8) is 0 Å². The van der Waals surface area contributed by atoms with Crippen LogP contribution in [0.15, 0.2) is 18.2 Å². The third kappa shape index (κ3) is 2.46. The molecule has 17 heavy (non-hydrogen) atoms. The molecule has 0 aliphatic carbocycles. The van der Waals surface area contributed by atoms with Gasteiger partial charge in [-0.25, -0.2) is 0 Å². The van der Waals surface area contributed by atoms with Crippen molar-refractivity contribution in [2.45, 2.75) is 19.8 Å². The maximum absolute atomic E-state index is 11.5. The second-order valence-corrected chi connectivity index (χ2v) is 4.25. The average molecular weight is 233 g/mol. The van der Waals surface area contributed by atoms with Crippen molar-refractivity contribution in [1.29, 1.82) is 0 Å². The van der Waals surface area contributed by atoms with Crippen molar-refractivity contribution in [3.8, 4) is 5.75 Å². The average Bonchev–Trinajstić information content (AvgIpc) is 2.31. The maximum atomic E-state index is 11.5. The number of carbonyl (C=O) groups is 2. The Kier molecular flexibility index (Phi) is 3.13. The van der Waals surface area contributed by atoms with Crippen LogP contribution in [-0.2, 0) is 16.0 Å². The number of ether oxygens (including phenoxy) is 1. The van der Waals surface area contributed by atoms with Crippen LogP contribution in [0.1, 0.15) is 18.9 Å². The second-order valence-electron chi connectivity index (χ2n) is 4.25. The molecule has 0 spiro atoms. The minimum Gasteiger partial charge on any atom is -0.482 e. The van der Waals surface area contributed by atoms with E-state index < -0.39 is 0 Å². The monoisotopic (exact) mass is 233 g/mol. The number of hydrogen-bond donors (Lipinski definition) is 0. The zero-order valence-electron chi connectivity index (χ0n) is 10.0. The van der Waals surface area contributed by atoms with E-state index in [2.05, 4.69) is 0 Å². The fraction of sp³-hybridized carbons (Fsp3) is 0.385. The molecule has 1 amide bonds. The molecule has 0 saturated heterocycles. The molecule has 0 fully saturated rings. The number of rotatable bonds is 3. The van der Waals surface area contributed by atoms with Gasteiger partial charge in [-0.3, -0.25) is 4.79 Å². The Balaban J connectivity index is 2.23. The lowest BCUT2D eigenvalue weighted by molar-refractivity contribution is -0.121. The molecule has 0 radical (unpaired) electrons. The van der Waals surface area contributed by atoms with Gasteiger partial charge >= 0.3 is 0 Å². The molecule has 0 atom stereocenters. The Hall–Kier alpha value is -1.84. The molecule has 0 aromatic heterocycles. The first kappa shape index (κ1) is 11.6. The standard InChI is InChI=1S/C13H15NO3/c1-9(15)3-4-10-5-6-12-11(7-10)14(2)13(16)8-17-12/h5-7H,3-4,8H2,1-2H3. The van der Waals surface area contributed by atoms with Crippen molar-refractivity contribution in [3.05, 3.63) is 23.8 Å². The van der Waals surface area contributed by atoms with Crippen LogP contribution in [0.4, 0.5) is 5.69 Å². The van der Waals surface area contributed by atoms with Gasteiger partial charge < -0.3 is 14.4 Å². The largest absolute Gasteiger partial charge is 0.482 e. The van der Waals surface area contributed by atoms with Gasteiger partial charge in [0.15, 0.2) is 6.61 Å². The molecule has 0 unspecified atom stereocenters. The molecule has 1 aromatic rings. The number of benzene rings is 1. The first-order valence-corrected chi connectivity index (χ1v) is 5.59. The van der Waals surface area contributed by atoms with Crippen molar-refractivity contribution in [2.24, 2.45) is 0 Å². The quantitative estimate of drug-likeness (QED) is 0.796. The third-order valence-corrected chi connectivity index (χ3v) is 2.88. The first-order chi connectivity index (χ1) is 8.08. The molecule has 1 aliphatic heterocycles. The van der Waals surface area contributed by atoms with Gasteiger partial charge in [-0.05, 0) is 31.0 Å². The van der Waals surface area contributed by atoms with E-state index in [4.69, 9.17) is 4.74 Å². The Morgan fingerprint density at radius 3 is 2.94 bits per heavy atom. The number of carbonyl (C=O) groups excluding carboxylic acids is 2. The number of Topliss-reactive ketones (excluding diaryl/α,β-unsaturated/α-hetero) is 1. The Labute approximate surface area is 100 Å². The van der Waals surface area contributed by atoms with Gasteiger partial charge in [-0.1, -0.05) is 6.07 Å². The Morgan fingerprint density at radius 1 is 1.47 bits per heavy atom. The predicted molar refractivity (Wildman–Crippen MR) is 64.3 cm³/mol. The van der Waals surface area contributed by atoms with Crippen molar-refractivity contribution < 1.29 is 14.3 Å². The smallest absolute Gasteiger partial charge is 0.264 e. The van der Waals surface area contributed by atoms with E-state index in [-0.39, 0.29) is 18.3 Å². The highest BCUT2D eigenvalue weighted by Gasteiger charge is 2.22. The van der Waals surface area contributed by atoms with Crippen LogP contribution in [0.2, 0.25) is 0 Å². The molecule has 0 N–H and O–H groups in total. The summed E-state index contributed by atoms with van der Waals surface area (Å²) < 4.78 is 5.33. The Morgan fingerprint density at radius 2 is 2.24 bits per heavy atom. The second kappa shape index (κ2) is 4.57. The number of hydrogen-bond acceptors (Lipinski definition) is 3. The zero-order chi connectivity index (χ0) is 12.4. The highest BCUT2D eigenvalue weighted by molar-refractivity contribution is 5.97. The molecule has 0 bridgehead atoms. The van der Waals surface area contributed by atoms with Gasteiger partial charge in [0.05, 0.1) is 5.69 Å². The predicted octanol–water partition coefficient (Wildman–Crippen LogP) is 1.56. The molecule has 4 nitrogen and oxygen atoms in total. The van der Waals surface area contributed by atoms with Gasteiger partial charge in [0, 0.05) is 13.5 Å². The third-order valence-electron chi connectivity index (χ3n) is 2.88. The van der Waals surface area contributed by atoms with Crippen LogP contribution in [0.5, 0.6) is 5.75 Å². The normalized spacial score (nSPS) is 14.2. The SMILES string of the molecule is CC(=O)CCc1ccc2c(c1)N(C)C(=O)CO2. The number of anilines is 1. The molecule has 90 valence electrons. The lowest BCUT2D eigenvalue weighted by Gasteiger charge is -2.26. The van der Waals surface area contributed by atoms with Gasteiger partial charge in [0.2, 0.25) is 0 Å². The van der Waals surface area contributed by atoms with Crippen LogP contribution >= 0.6 is 0 Å². The highest BCUT2D eigenvalue weighted by atomic mass is 16.5. The number of aryl methyl sites for hydroxylation is 1. The van der Waals surface area contributed by atoms with Crippen LogP contribution < -0.4 is 9.64 Å². The summed E-state index contributed by atoms with van der Waals surface area (Å²) in [5.41, 5.74) is 1.83. The van der Waals surface area contributed by atoms with Crippen LogP contribution in [0.3, 0.4) is 0 Å². The molecule has 1 aliphatic rings. The van der Waals surface area contributed by atoms with E-state index in [1.807, 2.05) is 18.2 Å². The maximum Gasteiger partial charge on any atom is 0.264 e. The van der Waals surface area contributed by atoms with Crippen LogP contribution in [0.25, 0.3) is 0 Å². The van der Waals surface area contributed by atoms with Gasteiger partial charge in [0.25, 0.3) is 5.91 Å². The molecule has 1 heterocycles. The van der Waals surface area contributed by atoms with Crippen LogP contribution in [-0.4, -0.2) is 25.3 Å². The van der Waals surface area contributed by atoms with E-state index in [0.717, 1.165) is 17.0 Å². The number of likely N-dealkylation sites (N-methyl/N-ethyl adjacent to an activating group) is 1. The van der Waals surface area contributed by atoms with Gasteiger partial charge in [0.1, 0.15) is 11.5 Å². The number of nitrogens with zero attached hydrogens (tertiary/aromatic N) is 1. The van der Waals surface area contributed by atoms with Gasteiger partial charge in [-0.15, -0.1) is 0 Å². The summed E-state index contributed by atoms with van der Waals surface area (Å²) in [5, 5.41) is 0. The lowest BCUT2D eigenvalue weighted by Crippen LogP contribution is -2.35. The highest BCUT2D eigenvalue weighted by Crippen LogP contribution is 2.32. The summed E-state index contributed by atoms with van der Waals surface area (Å²) >= 11 is 0. The molecule has 0 saturated carbocycles. The summed E-state index contributed by atoms with van der Waals surface area (Å²) in [6.07, 6.45) is 1.22. The first-order valence-electron chi connectivity index (χ1n) is 5.59. The zero-order valence-corrected chi connectivity index (χ0v) is 10.0. The van der Waals surface area contributed by atoms with E-state index in [0.29, 0.717) is 12.8 Å². The summed E-state index contributed by atoms with van der Waals surface area (Å²) in [7, 11) is 1.73. The minimum atomic E-state index is -0.0544. The molecular weight excluding hydrogens is 218 g/mol. The van der Waals surface area contributed by atoms with E-state index in [9.17, 15) is 9.59 Å². The number of amides is 1. The lowest BCUT2D eigenvalue weighted by atomic mass is 10.1. The van der Waals surface area contributed by atoms with Crippen molar-refractivity contribution in [2.75, 3.05) is 18.6 Å². The minimum absolute atomic E-state index is 0.0544. The molecule has 4 heteroatoms. The fourth-order valence-electron chi connectivity index (χ4n) is 1.79. The summed E-state index contributed by atoms with van der Waals surface area (Å²) in [4.78, 5) is 24.0. The van der Waals surface area contributed by atoms with Crippen LogP contribution in [0, 0.1) is 0 Å². The van der Waals surface area contributed by atoms with E-state index in [1.54, 1.807) is 18.9 Å². The number of ketones is 1. The van der Waals surface area contributed by atoms with E-state index in [1.165, 1.54) is 0 Å². The van der Waals surface area contributed by atoms with E-state index >= 15 is 0 Å². The molecule has 1 aromatic carbocycles. The topological polar surface area (TPSA) is 46.6 Å². The summed E-state index contributed by atoms with van der Waals surface area (Å²) in [6.45, 7) is 1.67. The summed E-state index contributed by atoms with van der Waals surface area (Å²) in [5.74, 6) is 0.836. The summed E-state index contributed by atoms with van der Waals surface area (Å²) in [6, 6.07) is 5.70. The van der Waals surface area contributed by atoms with Gasteiger partial charge in [-0.2, -0.15) is 0 Å². The fourth-order valence-corrected chi connectivity index (χ4v) is 1.79. The molecule has 2 rings (SSSR count). The van der Waals surface area contributed by atoms with Crippen molar-refractivity contribution >= 4 is 17.4 Å². The van der Waals surface area contributed by atoms with Crippen molar-refractivity contribution in [1.82, 2.24) is 0 Å². The molecular formula is C13H15NO3. The number of fused-ring (bicyclic) bond motifs is 1.